The van der Waals surface area contributed by atoms with E-state index in [2.05, 4.69) is 5.32 Å². The molecule has 0 spiro atoms. The fraction of sp³-hybridized carbons (Fsp3) is 0.533. The number of hydrogen-bond acceptors (Lipinski definition) is 4. The molecular weight excluding hydrogens is 328 g/mol. The van der Waals surface area contributed by atoms with Gasteiger partial charge in [-0.3, -0.25) is 4.79 Å². The molecule has 1 aromatic carbocycles. The van der Waals surface area contributed by atoms with E-state index in [1.54, 1.807) is 12.1 Å². The van der Waals surface area contributed by atoms with Crippen molar-refractivity contribution in [2.24, 2.45) is 0 Å². The van der Waals surface area contributed by atoms with E-state index in [4.69, 9.17) is 4.74 Å². The fourth-order valence-corrected chi connectivity index (χ4v) is 2.99. The van der Waals surface area contributed by atoms with Crippen molar-refractivity contribution in [2.75, 3.05) is 6.61 Å². The summed E-state index contributed by atoms with van der Waals surface area (Å²) in [5.41, 5.74) is 0.624. The number of hydrogen-bond donors (Lipinski definition) is 1. The Balaban J connectivity index is 2.64. The van der Waals surface area contributed by atoms with Crippen molar-refractivity contribution < 1.29 is 26.7 Å². The molecule has 1 amide bonds. The number of ether oxygens (including phenoxy) is 1. The van der Waals surface area contributed by atoms with Crippen molar-refractivity contribution in [3.63, 3.8) is 0 Å². The third-order valence-electron chi connectivity index (χ3n) is 3.26. The standard InChI is InChI=1S/C15H21F2NO4S/c1-10(2)23(20,21)11(3)15(19)18-8-12-5-4-6-13(7-12)22-9-14(16)17/h4-7,10-11,14H,8-9H2,1-3H3,(H,18,19)/t11-/m1/s1. The number of amides is 1. The molecule has 0 saturated carbocycles. The summed E-state index contributed by atoms with van der Waals surface area (Å²) >= 11 is 0. The summed E-state index contributed by atoms with van der Waals surface area (Å²) in [4.78, 5) is 11.9. The van der Waals surface area contributed by atoms with E-state index >= 15 is 0 Å². The van der Waals surface area contributed by atoms with Crippen molar-refractivity contribution in [3.05, 3.63) is 29.8 Å². The van der Waals surface area contributed by atoms with E-state index in [0.29, 0.717) is 5.56 Å². The lowest BCUT2D eigenvalue weighted by Crippen LogP contribution is -2.40. The number of halogens is 2. The summed E-state index contributed by atoms with van der Waals surface area (Å²) in [6.45, 7) is 3.75. The lowest BCUT2D eigenvalue weighted by atomic mass is 10.2. The molecule has 23 heavy (non-hydrogen) atoms. The van der Waals surface area contributed by atoms with Gasteiger partial charge in [-0.25, -0.2) is 17.2 Å². The van der Waals surface area contributed by atoms with Crippen LogP contribution >= 0.6 is 0 Å². The van der Waals surface area contributed by atoms with Gasteiger partial charge < -0.3 is 10.1 Å². The highest BCUT2D eigenvalue weighted by Gasteiger charge is 2.30. The largest absolute Gasteiger partial charge is 0.488 e. The van der Waals surface area contributed by atoms with Crippen molar-refractivity contribution in [1.82, 2.24) is 5.32 Å². The van der Waals surface area contributed by atoms with Gasteiger partial charge in [0.2, 0.25) is 5.91 Å². The number of carbonyl (C=O) groups excluding carboxylic acids is 1. The van der Waals surface area contributed by atoms with Gasteiger partial charge in [0.05, 0.1) is 5.25 Å². The molecule has 1 aromatic rings. The average Bonchev–Trinajstić information content (AvgIpc) is 2.50. The third-order valence-corrected chi connectivity index (χ3v) is 5.77. The second-order valence-electron chi connectivity index (χ2n) is 5.35. The van der Waals surface area contributed by atoms with Crippen LogP contribution in [0.15, 0.2) is 24.3 Å². The van der Waals surface area contributed by atoms with E-state index in [9.17, 15) is 22.0 Å². The van der Waals surface area contributed by atoms with Crippen LogP contribution in [0.5, 0.6) is 5.75 Å². The normalized spacial score (nSPS) is 13.2. The Kier molecular flexibility index (Phi) is 6.93. The predicted octanol–water partition coefficient (Wildman–Crippen LogP) is 2.16. The van der Waals surface area contributed by atoms with Crippen LogP contribution in [0.2, 0.25) is 0 Å². The van der Waals surface area contributed by atoms with Crippen LogP contribution in [0.4, 0.5) is 8.78 Å². The van der Waals surface area contributed by atoms with E-state index in [1.165, 1.54) is 32.9 Å². The molecule has 0 radical (unpaired) electrons. The maximum absolute atomic E-state index is 12.1. The van der Waals surface area contributed by atoms with Crippen molar-refractivity contribution in [1.29, 1.82) is 0 Å². The summed E-state index contributed by atoms with van der Waals surface area (Å²) in [5, 5.41) is 0.734. The number of nitrogens with one attached hydrogen (secondary N) is 1. The minimum Gasteiger partial charge on any atom is -0.488 e. The fourth-order valence-electron chi connectivity index (χ4n) is 1.79. The molecule has 8 heteroatoms. The van der Waals surface area contributed by atoms with Gasteiger partial charge in [-0.15, -0.1) is 0 Å². The molecule has 130 valence electrons. The van der Waals surface area contributed by atoms with Gasteiger partial charge in [0.1, 0.15) is 17.6 Å². The van der Waals surface area contributed by atoms with Crippen LogP contribution in [0, 0.1) is 0 Å². The highest BCUT2D eigenvalue weighted by Crippen LogP contribution is 2.15. The van der Waals surface area contributed by atoms with Crippen molar-refractivity contribution in [2.45, 2.75) is 44.2 Å². The number of benzene rings is 1. The van der Waals surface area contributed by atoms with Crippen LogP contribution in [0.25, 0.3) is 0 Å². The van der Waals surface area contributed by atoms with Crippen molar-refractivity contribution in [3.8, 4) is 5.75 Å². The zero-order valence-corrected chi connectivity index (χ0v) is 14.1. The Hall–Kier alpha value is -1.70. The highest BCUT2D eigenvalue weighted by atomic mass is 32.2. The van der Waals surface area contributed by atoms with Gasteiger partial charge in [-0.2, -0.15) is 0 Å². The molecule has 0 unspecified atom stereocenters. The van der Waals surface area contributed by atoms with Gasteiger partial charge in [-0.05, 0) is 38.5 Å². The smallest absolute Gasteiger partial charge is 0.272 e. The monoisotopic (exact) mass is 349 g/mol. The maximum atomic E-state index is 12.1. The molecule has 1 N–H and O–H groups in total. The first-order valence-electron chi connectivity index (χ1n) is 7.15. The number of rotatable bonds is 8. The van der Waals surface area contributed by atoms with Gasteiger partial charge in [0, 0.05) is 6.54 Å². The summed E-state index contributed by atoms with van der Waals surface area (Å²) in [7, 11) is -3.53. The summed E-state index contributed by atoms with van der Waals surface area (Å²) in [6.07, 6.45) is -2.57. The average molecular weight is 349 g/mol. The zero-order valence-electron chi connectivity index (χ0n) is 13.3. The Morgan fingerprint density at radius 2 is 1.91 bits per heavy atom. The first kappa shape index (κ1) is 19.3. The molecular formula is C15H21F2NO4S. The molecule has 1 atom stereocenters. The molecule has 0 saturated heterocycles. The predicted molar refractivity (Wildman–Crippen MR) is 83.3 cm³/mol. The van der Waals surface area contributed by atoms with Crippen LogP contribution in [0.1, 0.15) is 26.3 Å². The lowest BCUT2D eigenvalue weighted by molar-refractivity contribution is -0.120. The van der Waals surface area contributed by atoms with E-state index in [-0.39, 0.29) is 12.3 Å². The molecule has 0 aliphatic heterocycles. The second-order valence-corrected chi connectivity index (χ2v) is 8.18. The Morgan fingerprint density at radius 1 is 1.26 bits per heavy atom. The summed E-state index contributed by atoms with van der Waals surface area (Å²) in [5.74, 6) is -0.336. The minimum atomic E-state index is -3.53. The SMILES string of the molecule is CC(C)S(=O)(=O)[C@H](C)C(=O)NCc1cccc(OCC(F)F)c1. The molecule has 0 bridgehead atoms. The van der Waals surface area contributed by atoms with Crippen LogP contribution in [-0.2, 0) is 21.2 Å². The molecule has 0 aliphatic rings. The molecule has 0 heterocycles. The van der Waals surface area contributed by atoms with Gasteiger partial charge >= 0.3 is 0 Å². The highest BCUT2D eigenvalue weighted by molar-refractivity contribution is 7.93. The van der Waals surface area contributed by atoms with Gasteiger partial charge in [0.25, 0.3) is 6.43 Å². The van der Waals surface area contributed by atoms with Crippen LogP contribution < -0.4 is 10.1 Å². The van der Waals surface area contributed by atoms with E-state index < -0.39 is 39.3 Å². The van der Waals surface area contributed by atoms with Gasteiger partial charge in [-0.1, -0.05) is 12.1 Å². The third kappa shape index (κ3) is 5.78. The molecule has 5 nitrogen and oxygen atoms in total. The zero-order chi connectivity index (χ0) is 17.6. The number of sulfone groups is 1. The summed E-state index contributed by atoms with van der Waals surface area (Å²) in [6, 6.07) is 6.33. The quantitative estimate of drug-likeness (QED) is 0.781. The topological polar surface area (TPSA) is 72.5 Å². The lowest BCUT2D eigenvalue weighted by Gasteiger charge is -2.16. The maximum Gasteiger partial charge on any atom is 0.272 e. The van der Waals surface area contributed by atoms with Crippen LogP contribution in [-0.4, -0.2) is 37.9 Å². The van der Waals surface area contributed by atoms with Gasteiger partial charge in [0.15, 0.2) is 9.84 Å². The summed E-state index contributed by atoms with van der Waals surface area (Å²) < 4.78 is 53.0. The number of carbonyl (C=O) groups is 1. The Labute approximate surface area is 134 Å². The van der Waals surface area contributed by atoms with Crippen molar-refractivity contribution >= 4 is 15.7 Å². The molecule has 0 fully saturated rings. The van der Waals surface area contributed by atoms with Crippen LogP contribution in [0.3, 0.4) is 0 Å². The first-order valence-corrected chi connectivity index (χ1v) is 8.76. The Bertz CT molecular complexity index is 632. The second kappa shape index (κ2) is 8.24. The minimum absolute atomic E-state index is 0.0860. The Morgan fingerprint density at radius 3 is 2.48 bits per heavy atom. The number of alkyl halides is 2. The van der Waals surface area contributed by atoms with E-state index in [1.807, 2.05) is 0 Å². The van der Waals surface area contributed by atoms with E-state index in [0.717, 1.165) is 0 Å². The molecule has 0 aromatic heterocycles. The first-order chi connectivity index (χ1) is 10.6. The molecule has 1 rings (SSSR count). The molecule has 0 aliphatic carbocycles.